The van der Waals surface area contributed by atoms with Crippen LogP contribution in [0.1, 0.15) is 0 Å². The van der Waals surface area contributed by atoms with E-state index < -0.39 is 0 Å². The van der Waals surface area contributed by atoms with Gasteiger partial charge in [0.15, 0.2) is 10.8 Å². The van der Waals surface area contributed by atoms with Crippen molar-refractivity contribution in [2.24, 2.45) is 0 Å². The molecule has 0 bridgehead atoms. The number of amides is 1. The number of hydrogen-bond acceptors (Lipinski definition) is 7. The molecule has 0 saturated carbocycles. The van der Waals surface area contributed by atoms with E-state index in [1.807, 2.05) is 24.3 Å². The van der Waals surface area contributed by atoms with E-state index >= 15 is 0 Å². The number of hydrogen-bond donors (Lipinski definition) is 2. The first-order valence-corrected chi connectivity index (χ1v) is 10.7. The monoisotopic (exact) mass is 462 g/mol. The van der Waals surface area contributed by atoms with Crippen molar-refractivity contribution in [3.05, 3.63) is 78.3 Å². The SMILES string of the molecule is C=CC(=O)Nc1cccc(Oc2cccc3nc(Nc4nc5ccc(Cl)cc5s4)nn23)c1. The van der Waals surface area contributed by atoms with E-state index in [1.54, 1.807) is 40.9 Å². The molecule has 10 heteroatoms. The molecule has 0 spiro atoms. The molecular formula is C22H15ClN6O2S. The highest BCUT2D eigenvalue weighted by atomic mass is 35.5. The number of benzene rings is 2. The summed E-state index contributed by atoms with van der Waals surface area (Å²) in [6.07, 6.45) is 1.21. The molecule has 0 saturated heterocycles. The summed E-state index contributed by atoms with van der Waals surface area (Å²) >= 11 is 7.52. The topological polar surface area (TPSA) is 93.4 Å². The highest BCUT2D eigenvalue weighted by Crippen LogP contribution is 2.30. The van der Waals surface area contributed by atoms with Crippen molar-refractivity contribution in [3.63, 3.8) is 0 Å². The van der Waals surface area contributed by atoms with Gasteiger partial charge < -0.3 is 10.1 Å². The minimum atomic E-state index is -0.298. The lowest BCUT2D eigenvalue weighted by Crippen LogP contribution is -2.07. The van der Waals surface area contributed by atoms with Crippen LogP contribution < -0.4 is 15.4 Å². The van der Waals surface area contributed by atoms with Gasteiger partial charge in [0.1, 0.15) is 5.75 Å². The second-order valence-corrected chi connectivity index (χ2v) is 8.12. The maximum Gasteiger partial charge on any atom is 0.249 e. The number of fused-ring (bicyclic) bond motifs is 2. The van der Waals surface area contributed by atoms with E-state index in [1.165, 1.54) is 17.4 Å². The fourth-order valence-electron chi connectivity index (χ4n) is 3.01. The lowest BCUT2D eigenvalue weighted by Gasteiger charge is -2.08. The summed E-state index contributed by atoms with van der Waals surface area (Å²) in [7, 11) is 0. The summed E-state index contributed by atoms with van der Waals surface area (Å²) in [5.41, 5.74) is 2.04. The third kappa shape index (κ3) is 4.11. The number of carbonyl (C=O) groups excluding carboxylic acids is 1. The third-order valence-corrected chi connectivity index (χ3v) is 5.57. The average molecular weight is 463 g/mol. The number of anilines is 3. The van der Waals surface area contributed by atoms with Crippen LogP contribution in [0.25, 0.3) is 15.9 Å². The molecule has 0 fully saturated rings. The molecule has 5 rings (SSSR count). The summed E-state index contributed by atoms with van der Waals surface area (Å²) in [6, 6.07) is 18.0. The molecule has 3 heterocycles. The van der Waals surface area contributed by atoms with Crippen LogP contribution in [0.5, 0.6) is 11.6 Å². The van der Waals surface area contributed by atoms with Gasteiger partial charge in [-0.3, -0.25) is 10.1 Å². The van der Waals surface area contributed by atoms with E-state index in [9.17, 15) is 4.79 Å². The van der Waals surface area contributed by atoms with Crippen molar-refractivity contribution >= 4 is 61.5 Å². The predicted octanol–water partition coefficient (Wildman–Crippen LogP) is 5.65. The van der Waals surface area contributed by atoms with Crippen LogP contribution >= 0.6 is 22.9 Å². The summed E-state index contributed by atoms with van der Waals surface area (Å²) in [5.74, 6) is 1.09. The molecule has 158 valence electrons. The van der Waals surface area contributed by atoms with Gasteiger partial charge >= 0.3 is 0 Å². The van der Waals surface area contributed by atoms with E-state index in [4.69, 9.17) is 16.3 Å². The fraction of sp³-hybridized carbons (Fsp3) is 0. The van der Waals surface area contributed by atoms with Crippen LogP contribution in [0, 0.1) is 0 Å². The van der Waals surface area contributed by atoms with Gasteiger partial charge in [0.25, 0.3) is 0 Å². The standard InChI is InChI=1S/C22H15ClN6O2S/c1-2-19(30)24-14-5-3-6-15(12-14)31-20-8-4-7-18-26-21(28-29(18)20)27-22-25-16-10-9-13(23)11-17(16)32-22/h2-12H,1H2,(H,24,30)(H,25,27,28). The second kappa shape index (κ2) is 8.29. The molecule has 0 radical (unpaired) electrons. The average Bonchev–Trinajstić information content (AvgIpc) is 3.37. The van der Waals surface area contributed by atoms with E-state index in [2.05, 4.69) is 32.3 Å². The van der Waals surface area contributed by atoms with Crippen molar-refractivity contribution in [1.29, 1.82) is 0 Å². The van der Waals surface area contributed by atoms with Crippen LogP contribution in [0.3, 0.4) is 0 Å². The van der Waals surface area contributed by atoms with Gasteiger partial charge in [-0.25, -0.2) is 4.98 Å². The molecule has 32 heavy (non-hydrogen) atoms. The summed E-state index contributed by atoms with van der Waals surface area (Å²) in [6.45, 7) is 3.45. The number of pyridine rings is 1. The molecule has 0 unspecified atom stereocenters. The molecule has 0 atom stereocenters. The molecule has 0 aliphatic carbocycles. The van der Waals surface area contributed by atoms with E-state index in [-0.39, 0.29) is 5.91 Å². The van der Waals surface area contributed by atoms with Crippen LogP contribution in [0.4, 0.5) is 16.8 Å². The third-order valence-electron chi connectivity index (χ3n) is 4.40. The Labute approximate surface area is 191 Å². The highest BCUT2D eigenvalue weighted by Gasteiger charge is 2.12. The maximum absolute atomic E-state index is 11.5. The van der Waals surface area contributed by atoms with Crippen LogP contribution in [0.2, 0.25) is 5.02 Å². The Hall–Kier alpha value is -3.95. The van der Waals surface area contributed by atoms with Gasteiger partial charge in [0, 0.05) is 22.8 Å². The summed E-state index contributed by atoms with van der Waals surface area (Å²) in [4.78, 5) is 20.6. The molecule has 2 aromatic carbocycles. The zero-order valence-electron chi connectivity index (χ0n) is 16.4. The van der Waals surface area contributed by atoms with Crippen molar-refractivity contribution in [2.45, 2.75) is 0 Å². The van der Waals surface area contributed by atoms with Gasteiger partial charge in [-0.05, 0) is 42.5 Å². The summed E-state index contributed by atoms with van der Waals surface area (Å²) in [5, 5.41) is 11.7. The highest BCUT2D eigenvalue weighted by molar-refractivity contribution is 7.22. The summed E-state index contributed by atoms with van der Waals surface area (Å²) < 4.78 is 8.55. The van der Waals surface area contributed by atoms with Crippen molar-refractivity contribution in [1.82, 2.24) is 19.6 Å². The quantitative estimate of drug-likeness (QED) is 0.316. The second-order valence-electron chi connectivity index (χ2n) is 6.65. The van der Waals surface area contributed by atoms with Crippen molar-refractivity contribution in [2.75, 3.05) is 10.6 Å². The van der Waals surface area contributed by atoms with Gasteiger partial charge in [0.2, 0.25) is 17.7 Å². The minimum Gasteiger partial charge on any atom is -0.439 e. The molecule has 1 amide bonds. The van der Waals surface area contributed by atoms with Crippen LogP contribution in [-0.4, -0.2) is 25.5 Å². The maximum atomic E-state index is 11.5. The molecule has 5 aromatic rings. The molecule has 8 nitrogen and oxygen atoms in total. The first-order valence-electron chi connectivity index (χ1n) is 9.48. The number of carbonyl (C=O) groups is 1. The van der Waals surface area contributed by atoms with E-state index in [0.717, 1.165) is 10.2 Å². The van der Waals surface area contributed by atoms with Gasteiger partial charge in [0.05, 0.1) is 10.2 Å². The number of aromatic nitrogens is 4. The Morgan fingerprint density at radius 2 is 2.00 bits per heavy atom. The zero-order chi connectivity index (χ0) is 22.1. The first-order chi connectivity index (χ1) is 15.6. The lowest BCUT2D eigenvalue weighted by molar-refractivity contribution is -0.111. The Kier molecular flexibility index (Phi) is 5.18. The Bertz CT molecular complexity index is 1480. The van der Waals surface area contributed by atoms with Gasteiger partial charge in [-0.1, -0.05) is 41.6 Å². The molecule has 0 aliphatic heterocycles. The molecule has 0 aliphatic rings. The van der Waals surface area contributed by atoms with Gasteiger partial charge in [-0.2, -0.15) is 9.50 Å². The van der Waals surface area contributed by atoms with Crippen molar-refractivity contribution < 1.29 is 9.53 Å². The number of ether oxygens (including phenoxy) is 1. The van der Waals surface area contributed by atoms with Crippen LogP contribution in [0.15, 0.2) is 73.3 Å². The van der Waals surface area contributed by atoms with E-state index in [0.29, 0.717) is 39.1 Å². The van der Waals surface area contributed by atoms with Gasteiger partial charge in [-0.15, -0.1) is 5.10 Å². The number of thiazole rings is 1. The molecule has 3 aromatic heterocycles. The smallest absolute Gasteiger partial charge is 0.249 e. The number of rotatable bonds is 6. The van der Waals surface area contributed by atoms with Crippen LogP contribution in [-0.2, 0) is 4.79 Å². The number of nitrogens with one attached hydrogen (secondary N) is 2. The number of halogens is 1. The fourth-order valence-corrected chi connectivity index (χ4v) is 4.15. The largest absolute Gasteiger partial charge is 0.439 e. The molecular weight excluding hydrogens is 448 g/mol. The number of nitrogens with zero attached hydrogens (tertiary/aromatic N) is 4. The Morgan fingerprint density at radius 3 is 2.88 bits per heavy atom. The lowest BCUT2D eigenvalue weighted by atomic mass is 10.3. The predicted molar refractivity (Wildman–Crippen MR) is 126 cm³/mol. The molecule has 2 N–H and O–H groups in total. The van der Waals surface area contributed by atoms with Crippen molar-refractivity contribution in [3.8, 4) is 11.6 Å². The zero-order valence-corrected chi connectivity index (χ0v) is 18.0. The minimum absolute atomic E-state index is 0.298. The Morgan fingerprint density at radius 1 is 1.12 bits per heavy atom. The Balaban J connectivity index is 1.41. The normalized spacial score (nSPS) is 10.9. The first kappa shape index (κ1) is 20.0.